The summed E-state index contributed by atoms with van der Waals surface area (Å²) in [5, 5.41) is 0. The van der Waals surface area contributed by atoms with Crippen molar-refractivity contribution < 1.29 is 0 Å². The van der Waals surface area contributed by atoms with E-state index in [-0.39, 0.29) is 0 Å². The Morgan fingerprint density at radius 3 is 2.00 bits per heavy atom. The van der Waals surface area contributed by atoms with Crippen molar-refractivity contribution in [3.8, 4) is 0 Å². The van der Waals surface area contributed by atoms with E-state index in [1.54, 1.807) is 0 Å². The van der Waals surface area contributed by atoms with Crippen LogP contribution in [0.25, 0.3) is 0 Å². The van der Waals surface area contributed by atoms with Crippen LogP contribution in [0.3, 0.4) is 0 Å². The van der Waals surface area contributed by atoms with Crippen LogP contribution in [0.15, 0.2) is 24.3 Å². The molecule has 13 heavy (non-hydrogen) atoms. The molecule has 0 heterocycles. The molecule has 0 radical (unpaired) electrons. The lowest BCUT2D eigenvalue weighted by Gasteiger charge is -2.01. The van der Waals surface area contributed by atoms with Gasteiger partial charge in [0.2, 0.25) is 0 Å². The standard InChI is InChI=1S/C13H20/c1-3-5-6-7-13-10-8-12(4-2)9-11-13/h8-11H,3-7H2,1-2H3. The van der Waals surface area contributed by atoms with Crippen molar-refractivity contribution in [2.24, 2.45) is 0 Å². The van der Waals surface area contributed by atoms with Crippen molar-refractivity contribution in [3.63, 3.8) is 0 Å². The largest absolute Gasteiger partial charge is 0.0654 e. The van der Waals surface area contributed by atoms with Crippen LogP contribution < -0.4 is 0 Å². The number of rotatable bonds is 5. The molecule has 72 valence electrons. The number of hydrogen-bond acceptors (Lipinski definition) is 0. The van der Waals surface area contributed by atoms with Gasteiger partial charge in [-0.25, -0.2) is 0 Å². The Balaban J connectivity index is 2.40. The maximum absolute atomic E-state index is 2.27. The fraction of sp³-hybridized carbons (Fsp3) is 0.538. The highest BCUT2D eigenvalue weighted by atomic mass is 14.0. The van der Waals surface area contributed by atoms with Gasteiger partial charge in [0, 0.05) is 0 Å². The van der Waals surface area contributed by atoms with Gasteiger partial charge in [-0.1, -0.05) is 51.0 Å². The minimum atomic E-state index is 1.15. The van der Waals surface area contributed by atoms with Crippen LogP contribution in [0.5, 0.6) is 0 Å². The van der Waals surface area contributed by atoms with Crippen LogP contribution in [-0.4, -0.2) is 0 Å². The molecule has 0 saturated carbocycles. The van der Waals surface area contributed by atoms with Crippen LogP contribution in [0, 0.1) is 0 Å². The molecule has 0 unspecified atom stereocenters. The van der Waals surface area contributed by atoms with E-state index in [4.69, 9.17) is 0 Å². The van der Waals surface area contributed by atoms with Crippen molar-refractivity contribution >= 4 is 0 Å². The molecule has 1 rings (SSSR count). The highest BCUT2D eigenvalue weighted by molar-refractivity contribution is 5.22. The summed E-state index contributed by atoms with van der Waals surface area (Å²) in [5.74, 6) is 0. The second-order valence-electron chi connectivity index (χ2n) is 3.63. The van der Waals surface area contributed by atoms with Crippen LogP contribution in [0.1, 0.15) is 44.2 Å². The van der Waals surface area contributed by atoms with Crippen LogP contribution in [0.2, 0.25) is 0 Å². The smallest absolute Gasteiger partial charge is 0.0279 e. The van der Waals surface area contributed by atoms with E-state index in [9.17, 15) is 0 Å². The third-order valence-electron chi connectivity index (χ3n) is 2.50. The summed E-state index contributed by atoms with van der Waals surface area (Å²) in [4.78, 5) is 0. The van der Waals surface area contributed by atoms with Crippen LogP contribution in [-0.2, 0) is 12.8 Å². The third kappa shape index (κ3) is 3.63. The normalized spacial score (nSPS) is 10.3. The Kier molecular flexibility index (Phi) is 4.59. The second-order valence-corrected chi connectivity index (χ2v) is 3.63. The van der Waals surface area contributed by atoms with E-state index >= 15 is 0 Å². The SMILES string of the molecule is CCCCCc1ccc(CC)cc1. The molecule has 0 saturated heterocycles. The molecule has 0 amide bonds. The van der Waals surface area contributed by atoms with Gasteiger partial charge in [0.1, 0.15) is 0 Å². The van der Waals surface area contributed by atoms with Crippen molar-refractivity contribution in [1.82, 2.24) is 0 Å². The molecule has 0 bridgehead atoms. The quantitative estimate of drug-likeness (QED) is 0.595. The average Bonchev–Trinajstić information content (AvgIpc) is 2.19. The van der Waals surface area contributed by atoms with Gasteiger partial charge < -0.3 is 0 Å². The highest BCUT2D eigenvalue weighted by Gasteiger charge is 1.93. The Bertz CT molecular complexity index is 220. The summed E-state index contributed by atoms with van der Waals surface area (Å²) in [7, 11) is 0. The molecule has 0 aromatic heterocycles. The maximum atomic E-state index is 2.27. The highest BCUT2D eigenvalue weighted by Crippen LogP contribution is 2.08. The predicted molar refractivity (Wildman–Crippen MR) is 59.0 cm³/mol. The summed E-state index contributed by atoms with van der Waals surface area (Å²) in [5.41, 5.74) is 2.94. The Labute approximate surface area is 82.0 Å². The van der Waals surface area contributed by atoms with Gasteiger partial charge in [0.25, 0.3) is 0 Å². The molecule has 0 spiro atoms. The fourth-order valence-electron chi connectivity index (χ4n) is 1.52. The first-order valence-corrected chi connectivity index (χ1v) is 5.44. The zero-order chi connectivity index (χ0) is 9.52. The van der Waals surface area contributed by atoms with E-state index in [2.05, 4.69) is 38.1 Å². The molecule has 0 heteroatoms. The molecule has 0 fully saturated rings. The van der Waals surface area contributed by atoms with Gasteiger partial charge in [-0.05, 0) is 30.4 Å². The van der Waals surface area contributed by atoms with Crippen LogP contribution >= 0.6 is 0 Å². The first kappa shape index (κ1) is 10.3. The van der Waals surface area contributed by atoms with Gasteiger partial charge in [-0.15, -0.1) is 0 Å². The third-order valence-corrected chi connectivity index (χ3v) is 2.50. The van der Waals surface area contributed by atoms with E-state index in [1.165, 1.54) is 36.8 Å². The molecule has 0 nitrogen and oxygen atoms in total. The Morgan fingerprint density at radius 1 is 0.846 bits per heavy atom. The van der Waals surface area contributed by atoms with E-state index < -0.39 is 0 Å². The summed E-state index contributed by atoms with van der Waals surface area (Å²) in [6.07, 6.45) is 6.40. The number of hydrogen-bond donors (Lipinski definition) is 0. The minimum Gasteiger partial charge on any atom is -0.0654 e. The second kappa shape index (κ2) is 5.80. The molecule has 0 aliphatic rings. The van der Waals surface area contributed by atoms with E-state index in [0.29, 0.717) is 0 Å². The molecule has 0 atom stereocenters. The summed E-state index contributed by atoms with van der Waals surface area (Å²) < 4.78 is 0. The zero-order valence-electron chi connectivity index (χ0n) is 8.84. The molecular formula is C13H20. The topological polar surface area (TPSA) is 0 Å². The predicted octanol–water partition coefficient (Wildman–Crippen LogP) is 3.98. The lowest BCUT2D eigenvalue weighted by Crippen LogP contribution is -1.86. The Morgan fingerprint density at radius 2 is 1.46 bits per heavy atom. The van der Waals surface area contributed by atoms with Crippen molar-refractivity contribution in [3.05, 3.63) is 35.4 Å². The number of benzene rings is 1. The van der Waals surface area contributed by atoms with Gasteiger partial charge >= 0.3 is 0 Å². The Hall–Kier alpha value is -0.780. The van der Waals surface area contributed by atoms with E-state index in [1.807, 2.05) is 0 Å². The summed E-state index contributed by atoms with van der Waals surface area (Å²) in [6, 6.07) is 9.05. The first-order chi connectivity index (χ1) is 6.36. The van der Waals surface area contributed by atoms with Gasteiger partial charge in [0.05, 0.1) is 0 Å². The molecule has 1 aromatic carbocycles. The molecule has 0 aliphatic heterocycles. The van der Waals surface area contributed by atoms with Crippen LogP contribution in [0.4, 0.5) is 0 Å². The number of unbranched alkanes of at least 4 members (excludes halogenated alkanes) is 2. The van der Waals surface area contributed by atoms with Gasteiger partial charge in [-0.3, -0.25) is 0 Å². The minimum absolute atomic E-state index is 1.15. The number of aryl methyl sites for hydroxylation is 2. The molecular weight excluding hydrogens is 156 g/mol. The van der Waals surface area contributed by atoms with Gasteiger partial charge in [-0.2, -0.15) is 0 Å². The average molecular weight is 176 g/mol. The zero-order valence-corrected chi connectivity index (χ0v) is 8.84. The summed E-state index contributed by atoms with van der Waals surface area (Å²) >= 11 is 0. The lowest BCUT2D eigenvalue weighted by molar-refractivity contribution is 0.717. The first-order valence-electron chi connectivity index (χ1n) is 5.44. The molecule has 0 aliphatic carbocycles. The summed E-state index contributed by atoms with van der Waals surface area (Å²) in [6.45, 7) is 4.45. The van der Waals surface area contributed by atoms with Crippen molar-refractivity contribution in [2.75, 3.05) is 0 Å². The monoisotopic (exact) mass is 176 g/mol. The molecule has 1 aromatic rings. The van der Waals surface area contributed by atoms with Crippen molar-refractivity contribution in [1.29, 1.82) is 0 Å². The van der Waals surface area contributed by atoms with Crippen molar-refractivity contribution in [2.45, 2.75) is 46.0 Å². The van der Waals surface area contributed by atoms with E-state index in [0.717, 1.165) is 6.42 Å². The fourth-order valence-corrected chi connectivity index (χ4v) is 1.52. The lowest BCUT2D eigenvalue weighted by atomic mass is 10.0. The molecule has 0 N–H and O–H groups in total. The van der Waals surface area contributed by atoms with Gasteiger partial charge in [0.15, 0.2) is 0 Å². The maximum Gasteiger partial charge on any atom is -0.0279 e.